The number of hydrogen-bond donors (Lipinski definition) is 0. The summed E-state index contributed by atoms with van der Waals surface area (Å²) in [5.41, 5.74) is 1.25. The van der Waals surface area contributed by atoms with Crippen LogP contribution in [-0.4, -0.2) is 55.3 Å². The van der Waals surface area contributed by atoms with Crippen molar-refractivity contribution in [3.8, 4) is 0 Å². The summed E-state index contributed by atoms with van der Waals surface area (Å²) in [4.78, 5) is 0. The highest BCUT2D eigenvalue weighted by atomic mass is 28.3. The highest BCUT2D eigenvalue weighted by molar-refractivity contribution is 6.56. The van der Waals surface area contributed by atoms with E-state index in [2.05, 4.69) is 55.4 Å². The number of rotatable bonds is 16. The van der Waals surface area contributed by atoms with E-state index in [0.29, 0.717) is 0 Å². The first-order valence-corrected chi connectivity index (χ1v) is 14.1. The van der Waals surface area contributed by atoms with E-state index in [4.69, 9.17) is 18.9 Å². The predicted octanol–water partition coefficient (Wildman–Crippen LogP) is 3.53. The molecule has 0 spiro atoms. The topological polar surface area (TPSA) is 36.9 Å². The second kappa shape index (κ2) is 15.3. The summed E-state index contributed by atoms with van der Waals surface area (Å²) in [6.45, 7) is 17.2. The van der Waals surface area contributed by atoms with Gasteiger partial charge in [0, 0.05) is 0 Å². The van der Waals surface area contributed by atoms with Gasteiger partial charge in [0.1, 0.15) is 11.8 Å². The molecule has 0 aliphatic rings. The minimum Gasteiger partial charge on any atom is -0.354 e. The molecule has 0 saturated carbocycles. The van der Waals surface area contributed by atoms with E-state index >= 15 is 0 Å². The third-order valence-electron chi connectivity index (χ3n) is 4.72. The second-order valence-electron chi connectivity index (χ2n) is 7.21. The van der Waals surface area contributed by atoms with Gasteiger partial charge < -0.3 is 18.9 Å². The summed E-state index contributed by atoms with van der Waals surface area (Å²) >= 11 is 0. The first-order chi connectivity index (χ1) is 11.9. The van der Waals surface area contributed by atoms with Gasteiger partial charge in [0.15, 0.2) is 0 Å². The Hall–Kier alpha value is 0.274. The van der Waals surface area contributed by atoms with Crippen LogP contribution >= 0.6 is 0 Å². The van der Waals surface area contributed by atoms with Crippen LogP contribution in [0, 0.1) is 0 Å². The number of ether oxygens (including phenoxy) is 4. The zero-order valence-corrected chi connectivity index (χ0v) is 20.9. The Morgan fingerprint density at radius 3 is 0.960 bits per heavy atom. The van der Waals surface area contributed by atoms with E-state index in [1.807, 2.05) is 0 Å². The second-order valence-corrected chi connectivity index (χ2v) is 12.5. The molecule has 0 aliphatic heterocycles. The molecule has 0 saturated heterocycles. The van der Waals surface area contributed by atoms with Gasteiger partial charge >= 0.3 is 0 Å². The molecule has 152 valence electrons. The summed E-state index contributed by atoms with van der Waals surface area (Å²) in [5.74, 6) is 0.0653. The van der Waals surface area contributed by atoms with Crippen molar-refractivity contribution >= 4 is 19.0 Å². The Bertz CT molecular complexity index is 255. The van der Waals surface area contributed by atoms with Gasteiger partial charge in [-0.2, -0.15) is 0 Å². The first kappa shape index (κ1) is 25.3. The van der Waals surface area contributed by atoms with E-state index < -0.39 is 19.0 Å². The third kappa shape index (κ3) is 13.1. The van der Waals surface area contributed by atoms with Crippen molar-refractivity contribution in [3.63, 3.8) is 0 Å². The molecule has 6 heteroatoms. The zero-order valence-electron chi connectivity index (χ0n) is 18.0. The van der Waals surface area contributed by atoms with Crippen LogP contribution in [0.2, 0.25) is 5.67 Å². The molecule has 0 fully saturated rings. The molecule has 0 amide bonds. The average molecular weight is 393 g/mol. The highest BCUT2D eigenvalue weighted by Crippen LogP contribution is 2.12. The van der Waals surface area contributed by atoms with Crippen LogP contribution in [0.5, 0.6) is 0 Å². The van der Waals surface area contributed by atoms with Gasteiger partial charge in [-0.3, -0.25) is 0 Å². The maximum atomic E-state index is 6.14. The Kier molecular flexibility index (Phi) is 15.5. The maximum absolute atomic E-state index is 6.14. The molecule has 0 N–H and O–H groups in total. The summed E-state index contributed by atoms with van der Waals surface area (Å²) in [6, 6.07) is 0. The van der Waals surface area contributed by atoms with E-state index in [1.54, 1.807) is 0 Å². The molecule has 0 radical (unpaired) electrons. The van der Waals surface area contributed by atoms with Crippen LogP contribution in [0.25, 0.3) is 0 Å². The SMILES string of the molecule is CCC(C)OC(OC(C)CC)[SiH2]C[SiH2]C(OC(C)CC)OC(C)CC. The molecule has 4 nitrogen and oxygen atoms in total. The van der Waals surface area contributed by atoms with Crippen molar-refractivity contribution in [1.29, 1.82) is 0 Å². The van der Waals surface area contributed by atoms with Gasteiger partial charge in [-0.1, -0.05) is 33.4 Å². The molecule has 0 aromatic carbocycles. The van der Waals surface area contributed by atoms with Crippen LogP contribution in [-0.2, 0) is 18.9 Å². The molecule has 0 aliphatic carbocycles. The molecular weight excluding hydrogens is 348 g/mol. The van der Waals surface area contributed by atoms with Gasteiger partial charge in [-0.25, -0.2) is 0 Å². The predicted molar refractivity (Wildman–Crippen MR) is 113 cm³/mol. The molecule has 0 aromatic rings. The van der Waals surface area contributed by atoms with Crippen LogP contribution < -0.4 is 0 Å². The van der Waals surface area contributed by atoms with Crippen molar-refractivity contribution in [2.75, 3.05) is 0 Å². The summed E-state index contributed by atoms with van der Waals surface area (Å²) in [7, 11) is -0.890. The third-order valence-corrected chi connectivity index (χ3v) is 9.69. The van der Waals surface area contributed by atoms with E-state index in [1.165, 1.54) is 5.67 Å². The lowest BCUT2D eigenvalue weighted by atomic mass is 10.3. The molecule has 0 rings (SSSR count). The summed E-state index contributed by atoms with van der Waals surface area (Å²) < 4.78 is 24.6. The van der Waals surface area contributed by atoms with Crippen molar-refractivity contribution in [2.45, 2.75) is 123 Å². The van der Waals surface area contributed by atoms with Crippen LogP contribution in [0.1, 0.15) is 81.1 Å². The Morgan fingerprint density at radius 2 is 0.760 bits per heavy atom. The average Bonchev–Trinajstić information content (AvgIpc) is 2.60. The van der Waals surface area contributed by atoms with E-state index in [0.717, 1.165) is 25.7 Å². The summed E-state index contributed by atoms with van der Waals surface area (Å²) in [5, 5.41) is 0. The molecule has 4 atom stereocenters. The molecule has 0 bridgehead atoms. The van der Waals surface area contributed by atoms with Crippen molar-refractivity contribution in [1.82, 2.24) is 0 Å². The van der Waals surface area contributed by atoms with Crippen LogP contribution in [0.4, 0.5) is 0 Å². The molecule has 0 heterocycles. The van der Waals surface area contributed by atoms with Gasteiger partial charge in [0.2, 0.25) is 0 Å². The number of hydrogen-bond acceptors (Lipinski definition) is 4. The smallest absolute Gasteiger partial charge is 0.135 e. The zero-order chi connectivity index (χ0) is 19.2. The van der Waals surface area contributed by atoms with Crippen molar-refractivity contribution in [2.24, 2.45) is 0 Å². The first-order valence-electron chi connectivity index (χ1n) is 10.5. The normalized spacial score (nSPS) is 20.2. The summed E-state index contributed by atoms with van der Waals surface area (Å²) in [6.07, 6.45) is 5.20. The fourth-order valence-corrected chi connectivity index (χ4v) is 7.68. The minimum absolute atomic E-state index is 0.0326. The molecular formula is C19H44O4Si2. The molecule has 4 unspecified atom stereocenters. The molecule has 0 aromatic heterocycles. The van der Waals surface area contributed by atoms with E-state index in [9.17, 15) is 0 Å². The van der Waals surface area contributed by atoms with Gasteiger partial charge in [0.05, 0.1) is 43.5 Å². The highest BCUT2D eigenvalue weighted by Gasteiger charge is 2.20. The molecule has 25 heavy (non-hydrogen) atoms. The quantitative estimate of drug-likeness (QED) is 0.297. The van der Waals surface area contributed by atoms with Crippen LogP contribution in [0.15, 0.2) is 0 Å². The maximum Gasteiger partial charge on any atom is 0.135 e. The minimum atomic E-state index is -0.445. The van der Waals surface area contributed by atoms with Gasteiger partial charge in [-0.05, 0) is 53.4 Å². The lowest BCUT2D eigenvalue weighted by Gasteiger charge is -2.27. The van der Waals surface area contributed by atoms with Gasteiger partial charge in [-0.15, -0.1) is 0 Å². The standard InChI is InChI=1S/C19H44O4Si2/c1-9-14(5)20-18(21-15(6)10-2)24-13-25-19(22-16(7)11-3)23-17(8)12-4/h14-19H,9-13,24-25H2,1-8H3. The van der Waals surface area contributed by atoms with Crippen molar-refractivity contribution in [3.05, 3.63) is 0 Å². The van der Waals surface area contributed by atoms with E-state index in [-0.39, 0.29) is 36.2 Å². The monoisotopic (exact) mass is 392 g/mol. The lowest BCUT2D eigenvalue weighted by molar-refractivity contribution is -0.144. The van der Waals surface area contributed by atoms with Crippen molar-refractivity contribution < 1.29 is 18.9 Å². The van der Waals surface area contributed by atoms with Crippen LogP contribution in [0.3, 0.4) is 0 Å². The lowest BCUT2D eigenvalue weighted by Crippen LogP contribution is -2.36. The Labute approximate surface area is 161 Å². The Balaban J connectivity index is 4.52. The fraction of sp³-hybridized carbons (Fsp3) is 1.00. The fourth-order valence-electron chi connectivity index (χ4n) is 2.21. The van der Waals surface area contributed by atoms with Gasteiger partial charge in [0.25, 0.3) is 0 Å². The Morgan fingerprint density at radius 1 is 0.520 bits per heavy atom. The largest absolute Gasteiger partial charge is 0.354 e.